The first kappa shape index (κ1) is 17.5. The van der Waals surface area contributed by atoms with Crippen LogP contribution in [0.3, 0.4) is 0 Å². The maximum absolute atomic E-state index is 12.5. The fourth-order valence-corrected chi connectivity index (χ4v) is 3.32. The van der Waals surface area contributed by atoms with Gasteiger partial charge in [0.2, 0.25) is 11.8 Å². The molecule has 2 aromatic rings. The summed E-state index contributed by atoms with van der Waals surface area (Å²) in [7, 11) is 0. The average Bonchev–Trinajstić information content (AvgIpc) is 2.98. The second-order valence-electron chi connectivity index (χ2n) is 8.00. The van der Waals surface area contributed by atoms with E-state index in [1.807, 2.05) is 23.1 Å². The largest absolute Gasteiger partial charge is 0.358 e. The predicted octanol–water partition coefficient (Wildman–Crippen LogP) is 3.66. The van der Waals surface area contributed by atoms with Gasteiger partial charge < -0.3 is 15.2 Å². The van der Waals surface area contributed by atoms with Crippen LogP contribution in [-0.2, 0) is 15.0 Å². The summed E-state index contributed by atoms with van der Waals surface area (Å²) < 4.78 is 0. The van der Waals surface area contributed by atoms with Crippen LogP contribution in [0.25, 0.3) is 10.9 Å². The highest BCUT2D eigenvalue weighted by Crippen LogP contribution is 2.28. The van der Waals surface area contributed by atoms with Crippen LogP contribution in [0.1, 0.15) is 46.2 Å². The SMILES string of the molecule is CC(=O)N1CCC(C(=O)Nc2ccc3[nH]c(C(C)(C)C)cc3c2)CC1. The summed E-state index contributed by atoms with van der Waals surface area (Å²) in [5, 5.41) is 4.15. The molecule has 1 aliphatic rings. The summed E-state index contributed by atoms with van der Waals surface area (Å²) in [5.74, 6) is 0.114. The van der Waals surface area contributed by atoms with Crippen molar-refractivity contribution < 1.29 is 9.59 Å². The zero-order valence-corrected chi connectivity index (χ0v) is 15.5. The molecule has 1 saturated heterocycles. The number of rotatable bonds is 2. The highest BCUT2D eigenvalue weighted by atomic mass is 16.2. The molecule has 1 aromatic carbocycles. The third-order valence-corrected chi connectivity index (χ3v) is 5.01. The molecule has 2 amide bonds. The van der Waals surface area contributed by atoms with E-state index < -0.39 is 0 Å². The summed E-state index contributed by atoms with van der Waals surface area (Å²) >= 11 is 0. The summed E-state index contributed by atoms with van der Waals surface area (Å²) in [4.78, 5) is 29.2. The zero-order chi connectivity index (χ0) is 18.2. The lowest BCUT2D eigenvalue weighted by Gasteiger charge is -2.30. The van der Waals surface area contributed by atoms with Gasteiger partial charge in [0.1, 0.15) is 0 Å². The minimum absolute atomic E-state index is 0.0253. The third kappa shape index (κ3) is 3.86. The normalized spacial score (nSPS) is 16.2. The highest BCUT2D eigenvalue weighted by molar-refractivity contribution is 5.95. The molecule has 1 fully saturated rings. The van der Waals surface area contributed by atoms with Crippen LogP contribution in [-0.4, -0.2) is 34.8 Å². The van der Waals surface area contributed by atoms with Gasteiger partial charge in [0.25, 0.3) is 0 Å². The van der Waals surface area contributed by atoms with Gasteiger partial charge in [-0.05, 0) is 37.1 Å². The van der Waals surface area contributed by atoms with Crippen LogP contribution in [0, 0.1) is 5.92 Å². The number of anilines is 1. The molecule has 0 saturated carbocycles. The van der Waals surface area contributed by atoms with Gasteiger partial charge in [-0.1, -0.05) is 20.8 Å². The molecule has 2 heterocycles. The van der Waals surface area contributed by atoms with E-state index in [9.17, 15) is 9.59 Å². The molecule has 3 rings (SSSR count). The Balaban J connectivity index is 1.68. The minimum atomic E-state index is -0.0253. The van der Waals surface area contributed by atoms with Crippen molar-refractivity contribution in [2.75, 3.05) is 18.4 Å². The van der Waals surface area contributed by atoms with Gasteiger partial charge in [0.05, 0.1) is 0 Å². The molecular formula is C20H27N3O2. The van der Waals surface area contributed by atoms with E-state index in [4.69, 9.17) is 0 Å². The van der Waals surface area contributed by atoms with Gasteiger partial charge in [-0.15, -0.1) is 0 Å². The quantitative estimate of drug-likeness (QED) is 0.875. The van der Waals surface area contributed by atoms with Gasteiger partial charge in [-0.25, -0.2) is 0 Å². The fraction of sp³-hybridized carbons (Fsp3) is 0.500. The lowest BCUT2D eigenvalue weighted by atomic mass is 9.92. The molecule has 0 aliphatic carbocycles. The standard InChI is InChI=1S/C20H27N3O2/c1-13(24)23-9-7-14(8-10-23)19(25)21-16-5-6-17-15(11-16)12-18(22-17)20(2,3)4/h5-6,11-12,14,22H,7-10H2,1-4H3,(H,21,25). The Morgan fingerprint density at radius 2 is 1.84 bits per heavy atom. The van der Waals surface area contributed by atoms with Crippen molar-refractivity contribution in [1.82, 2.24) is 9.88 Å². The Bertz CT molecular complexity index is 793. The zero-order valence-electron chi connectivity index (χ0n) is 15.5. The second-order valence-corrected chi connectivity index (χ2v) is 8.00. The predicted molar refractivity (Wildman–Crippen MR) is 101 cm³/mol. The molecule has 5 heteroatoms. The first-order chi connectivity index (χ1) is 11.7. The molecule has 0 unspecified atom stereocenters. The summed E-state index contributed by atoms with van der Waals surface area (Å²) in [6.07, 6.45) is 1.46. The highest BCUT2D eigenvalue weighted by Gasteiger charge is 2.26. The molecule has 25 heavy (non-hydrogen) atoms. The maximum atomic E-state index is 12.5. The van der Waals surface area contributed by atoms with E-state index in [-0.39, 0.29) is 23.1 Å². The molecule has 0 radical (unpaired) electrons. The smallest absolute Gasteiger partial charge is 0.227 e. The van der Waals surface area contributed by atoms with E-state index in [1.165, 1.54) is 5.69 Å². The number of piperidine rings is 1. The molecule has 0 spiro atoms. The number of benzene rings is 1. The molecular weight excluding hydrogens is 314 g/mol. The summed E-state index contributed by atoms with van der Waals surface area (Å²) in [6.45, 7) is 9.44. The fourth-order valence-electron chi connectivity index (χ4n) is 3.32. The Kier molecular flexibility index (Phi) is 4.58. The molecule has 5 nitrogen and oxygen atoms in total. The number of hydrogen-bond acceptors (Lipinski definition) is 2. The van der Waals surface area contributed by atoms with Crippen molar-refractivity contribution >= 4 is 28.4 Å². The van der Waals surface area contributed by atoms with Crippen molar-refractivity contribution in [2.45, 2.75) is 46.0 Å². The third-order valence-electron chi connectivity index (χ3n) is 5.01. The van der Waals surface area contributed by atoms with Crippen molar-refractivity contribution in [1.29, 1.82) is 0 Å². The second kappa shape index (κ2) is 6.54. The van der Waals surface area contributed by atoms with Crippen LogP contribution in [0.15, 0.2) is 24.3 Å². The first-order valence-electron chi connectivity index (χ1n) is 8.93. The van der Waals surface area contributed by atoms with Crippen LogP contribution in [0.4, 0.5) is 5.69 Å². The van der Waals surface area contributed by atoms with Crippen LogP contribution >= 0.6 is 0 Å². The summed E-state index contributed by atoms with van der Waals surface area (Å²) in [5.41, 5.74) is 3.15. The van der Waals surface area contributed by atoms with Gasteiger partial charge in [0, 0.05) is 53.6 Å². The van der Waals surface area contributed by atoms with Crippen molar-refractivity contribution in [3.63, 3.8) is 0 Å². The number of fused-ring (bicyclic) bond motifs is 1. The van der Waals surface area contributed by atoms with E-state index in [0.29, 0.717) is 13.1 Å². The average molecular weight is 341 g/mol. The Morgan fingerprint density at radius 3 is 2.44 bits per heavy atom. The van der Waals surface area contributed by atoms with Crippen molar-refractivity contribution in [3.8, 4) is 0 Å². The molecule has 0 bridgehead atoms. The Morgan fingerprint density at radius 1 is 1.16 bits per heavy atom. The van der Waals surface area contributed by atoms with Crippen LogP contribution in [0.2, 0.25) is 0 Å². The van der Waals surface area contributed by atoms with E-state index in [1.54, 1.807) is 6.92 Å². The number of carbonyl (C=O) groups excluding carboxylic acids is 2. The molecule has 134 valence electrons. The van der Waals surface area contributed by atoms with E-state index in [2.05, 4.69) is 37.1 Å². The Labute approximate surface area is 148 Å². The van der Waals surface area contributed by atoms with Gasteiger partial charge in [0.15, 0.2) is 0 Å². The van der Waals surface area contributed by atoms with Crippen molar-refractivity contribution in [2.24, 2.45) is 5.92 Å². The van der Waals surface area contributed by atoms with Gasteiger partial charge >= 0.3 is 0 Å². The van der Waals surface area contributed by atoms with E-state index >= 15 is 0 Å². The number of aromatic amines is 1. The number of hydrogen-bond donors (Lipinski definition) is 2. The summed E-state index contributed by atoms with van der Waals surface area (Å²) in [6, 6.07) is 8.12. The number of likely N-dealkylation sites (tertiary alicyclic amines) is 1. The lowest BCUT2D eigenvalue weighted by molar-refractivity contribution is -0.132. The maximum Gasteiger partial charge on any atom is 0.227 e. The van der Waals surface area contributed by atoms with Crippen molar-refractivity contribution in [3.05, 3.63) is 30.0 Å². The Hall–Kier alpha value is -2.30. The number of nitrogens with one attached hydrogen (secondary N) is 2. The van der Waals surface area contributed by atoms with Crippen LogP contribution < -0.4 is 5.32 Å². The number of amides is 2. The number of aromatic nitrogens is 1. The van der Waals surface area contributed by atoms with E-state index in [0.717, 1.165) is 29.4 Å². The number of carbonyl (C=O) groups is 2. The molecule has 1 aromatic heterocycles. The lowest BCUT2D eigenvalue weighted by Crippen LogP contribution is -2.40. The number of H-pyrrole nitrogens is 1. The first-order valence-corrected chi connectivity index (χ1v) is 8.93. The van der Waals surface area contributed by atoms with Gasteiger partial charge in [-0.3, -0.25) is 9.59 Å². The number of nitrogens with zero attached hydrogens (tertiary/aromatic N) is 1. The van der Waals surface area contributed by atoms with Gasteiger partial charge in [-0.2, -0.15) is 0 Å². The topological polar surface area (TPSA) is 65.2 Å². The van der Waals surface area contributed by atoms with Crippen LogP contribution in [0.5, 0.6) is 0 Å². The monoisotopic (exact) mass is 341 g/mol. The molecule has 0 atom stereocenters. The minimum Gasteiger partial charge on any atom is -0.358 e. The molecule has 1 aliphatic heterocycles. The molecule has 2 N–H and O–H groups in total.